The van der Waals surface area contributed by atoms with Crippen molar-refractivity contribution in [1.29, 1.82) is 0 Å². The van der Waals surface area contributed by atoms with Crippen LogP contribution in [0.2, 0.25) is 0 Å². The molecule has 22 heavy (non-hydrogen) atoms. The molecule has 0 radical (unpaired) electrons. The summed E-state index contributed by atoms with van der Waals surface area (Å²) in [6.07, 6.45) is 0. The van der Waals surface area contributed by atoms with Crippen LogP contribution < -0.4 is 0 Å². The number of nitrogens with zero attached hydrogens (tertiary/aromatic N) is 1. The molecule has 0 N–H and O–H groups in total. The van der Waals surface area contributed by atoms with E-state index in [0.29, 0.717) is 6.07 Å². The van der Waals surface area contributed by atoms with Crippen LogP contribution in [0.4, 0.5) is 14.5 Å². The highest BCUT2D eigenvalue weighted by molar-refractivity contribution is 6.02. The van der Waals surface area contributed by atoms with Gasteiger partial charge in [-0.05, 0) is 11.5 Å². The van der Waals surface area contributed by atoms with Gasteiger partial charge in [-0.25, -0.2) is 14.0 Å². The lowest BCUT2D eigenvalue weighted by molar-refractivity contribution is -0.387. The van der Waals surface area contributed by atoms with Crippen LogP contribution in [0.1, 0.15) is 31.1 Å². The first-order chi connectivity index (χ1) is 9.95. The highest BCUT2D eigenvalue weighted by atomic mass is 19.1. The van der Waals surface area contributed by atoms with Crippen LogP contribution in [0.5, 0.6) is 0 Å². The van der Waals surface area contributed by atoms with Crippen molar-refractivity contribution in [3.8, 4) is 0 Å². The van der Waals surface area contributed by atoms with Crippen molar-refractivity contribution in [2.45, 2.75) is 20.8 Å². The third-order valence-electron chi connectivity index (χ3n) is 2.79. The van der Waals surface area contributed by atoms with Gasteiger partial charge >= 0.3 is 17.6 Å². The average molecular weight is 313 g/mol. The number of esters is 2. The van der Waals surface area contributed by atoms with Gasteiger partial charge in [0.15, 0.2) is 0 Å². The predicted molar refractivity (Wildman–Crippen MR) is 72.0 cm³/mol. The molecule has 0 unspecified atom stereocenters. The number of hydrogen-bond donors (Lipinski definition) is 0. The first-order valence-electron chi connectivity index (χ1n) is 6.04. The van der Waals surface area contributed by atoms with Crippen molar-refractivity contribution >= 4 is 17.6 Å². The van der Waals surface area contributed by atoms with Gasteiger partial charge in [0.2, 0.25) is 5.82 Å². The molecule has 0 aliphatic carbocycles. The Kier molecular flexibility index (Phi) is 4.75. The van der Waals surface area contributed by atoms with Crippen LogP contribution in [0.3, 0.4) is 0 Å². The molecule has 118 valence electrons. The van der Waals surface area contributed by atoms with Gasteiger partial charge < -0.3 is 4.74 Å². The van der Waals surface area contributed by atoms with E-state index in [0.717, 1.165) is 0 Å². The van der Waals surface area contributed by atoms with Crippen molar-refractivity contribution in [3.05, 3.63) is 51.6 Å². The maximum Gasteiger partial charge on any atom is 0.349 e. The number of hydrogen-bond acceptors (Lipinski definition) is 5. The lowest BCUT2D eigenvalue weighted by Crippen LogP contribution is -2.22. The Labute approximate surface area is 124 Å². The molecule has 0 saturated carbocycles. The molecule has 0 spiro atoms. The third-order valence-corrected chi connectivity index (χ3v) is 2.79. The molecule has 0 saturated heterocycles. The van der Waals surface area contributed by atoms with Crippen LogP contribution in [-0.2, 0) is 9.53 Å². The van der Waals surface area contributed by atoms with Crippen molar-refractivity contribution in [1.82, 2.24) is 0 Å². The summed E-state index contributed by atoms with van der Waals surface area (Å²) in [6.45, 7) is 8.40. The fraction of sp³-hybridized carbons (Fsp3) is 0.286. The monoisotopic (exact) mass is 313 g/mol. The minimum Gasteiger partial charge on any atom is -0.386 e. The normalized spacial score (nSPS) is 11.0. The summed E-state index contributed by atoms with van der Waals surface area (Å²) >= 11 is 0. The van der Waals surface area contributed by atoms with Crippen LogP contribution in [0.15, 0.2) is 24.3 Å². The summed E-state index contributed by atoms with van der Waals surface area (Å²) in [5.74, 6) is -5.33. The summed E-state index contributed by atoms with van der Waals surface area (Å²) < 4.78 is 31.4. The van der Waals surface area contributed by atoms with E-state index in [1.807, 2.05) is 0 Å². The molecule has 0 atom stereocenters. The molecule has 0 heterocycles. The molecule has 0 aliphatic heterocycles. The summed E-state index contributed by atoms with van der Waals surface area (Å²) in [5, 5.41) is 10.4. The Morgan fingerprint density at radius 1 is 1.23 bits per heavy atom. The summed E-state index contributed by atoms with van der Waals surface area (Å²) in [7, 11) is 0. The first-order valence-corrected chi connectivity index (χ1v) is 6.04. The van der Waals surface area contributed by atoms with E-state index in [1.54, 1.807) is 20.8 Å². The van der Waals surface area contributed by atoms with E-state index in [2.05, 4.69) is 11.3 Å². The van der Waals surface area contributed by atoms with Gasteiger partial charge in [-0.3, -0.25) is 10.1 Å². The zero-order chi connectivity index (χ0) is 17.2. The molecule has 0 aliphatic rings. The second-order valence-electron chi connectivity index (χ2n) is 5.45. The fourth-order valence-electron chi connectivity index (χ4n) is 1.34. The molecule has 0 bridgehead atoms. The molecular formula is C14H13F2NO5. The zero-order valence-corrected chi connectivity index (χ0v) is 12.1. The third kappa shape index (κ3) is 3.72. The van der Waals surface area contributed by atoms with Crippen molar-refractivity contribution in [2.75, 3.05) is 0 Å². The maximum absolute atomic E-state index is 13.6. The van der Waals surface area contributed by atoms with E-state index >= 15 is 0 Å². The van der Waals surface area contributed by atoms with Crippen LogP contribution in [-0.4, -0.2) is 16.9 Å². The average Bonchev–Trinajstić information content (AvgIpc) is 2.38. The molecular weight excluding hydrogens is 300 g/mol. The summed E-state index contributed by atoms with van der Waals surface area (Å²) in [6, 6.07) is 0.553. The fourth-order valence-corrected chi connectivity index (χ4v) is 1.34. The maximum atomic E-state index is 13.6. The Morgan fingerprint density at radius 2 is 1.77 bits per heavy atom. The first kappa shape index (κ1) is 17.4. The van der Waals surface area contributed by atoms with Gasteiger partial charge in [0.1, 0.15) is 5.82 Å². The van der Waals surface area contributed by atoms with E-state index in [4.69, 9.17) is 0 Å². The van der Waals surface area contributed by atoms with Gasteiger partial charge in [0.05, 0.1) is 16.6 Å². The van der Waals surface area contributed by atoms with E-state index in [-0.39, 0.29) is 11.6 Å². The minimum atomic E-state index is -1.46. The van der Waals surface area contributed by atoms with Gasteiger partial charge in [0.25, 0.3) is 0 Å². The van der Waals surface area contributed by atoms with Crippen molar-refractivity contribution < 1.29 is 28.0 Å². The van der Waals surface area contributed by atoms with Gasteiger partial charge in [-0.2, -0.15) is 4.39 Å². The van der Waals surface area contributed by atoms with E-state index in [9.17, 15) is 28.5 Å². The van der Waals surface area contributed by atoms with Crippen molar-refractivity contribution in [3.63, 3.8) is 0 Å². The highest BCUT2D eigenvalue weighted by Crippen LogP contribution is 2.26. The molecule has 1 aromatic carbocycles. The Balaban J connectivity index is 3.05. The lowest BCUT2D eigenvalue weighted by Gasteiger charge is -2.19. The second kappa shape index (κ2) is 6.00. The van der Waals surface area contributed by atoms with Crippen LogP contribution >= 0.6 is 0 Å². The van der Waals surface area contributed by atoms with E-state index < -0.39 is 45.2 Å². The predicted octanol–water partition coefficient (Wildman–Crippen LogP) is 3.16. The Hall–Kier alpha value is -2.64. The smallest absolute Gasteiger partial charge is 0.349 e. The number of benzene rings is 1. The molecule has 1 aromatic rings. The quantitative estimate of drug-likeness (QED) is 0.281. The van der Waals surface area contributed by atoms with Crippen LogP contribution in [0, 0.1) is 27.2 Å². The number of carbonyl (C=O) groups is 2. The highest BCUT2D eigenvalue weighted by Gasteiger charge is 2.28. The molecule has 1 rings (SSSR count). The van der Waals surface area contributed by atoms with E-state index in [1.165, 1.54) is 0 Å². The van der Waals surface area contributed by atoms with Crippen molar-refractivity contribution in [2.24, 2.45) is 5.41 Å². The minimum absolute atomic E-state index is 0.0383. The van der Waals surface area contributed by atoms with Gasteiger partial charge in [0, 0.05) is 5.57 Å². The molecule has 0 amide bonds. The number of halogens is 2. The van der Waals surface area contributed by atoms with Crippen LogP contribution in [0.25, 0.3) is 0 Å². The SMILES string of the molecule is C=C(C(=O)OC(=O)c1cc(F)c([N+](=O)[O-])cc1F)C(C)(C)C. The second-order valence-corrected chi connectivity index (χ2v) is 5.45. The van der Waals surface area contributed by atoms with Gasteiger partial charge in [-0.1, -0.05) is 27.4 Å². The Morgan fingerprint density at radius 3 is 2.23 bits per heavy atom. The number of nitro benzene ring substituents is 1. The van der Waals surface area contributed by atoms with Gasteiger partial charge in [-0.15, -0.1) is 0 Å². The summed E-state index contributed by atoms with van der Waals surface area (Å²) in [5.41, 5.74) is -2.77. The molecule has 6 nitrogen and oxygen atoms in total. The largest absolute Gasteiger partial charge is 0.386 e. The number of ether oxygens (including phenoxy) is 1. The number of rotatable bonds is 3. The zero-order valence-electron chi connectivity index (χ0n) is 12.1. The Bertz CT molecular complexity index is 677. The lowest BCUT2D eigenvalue weighted by atomic mass is 9.88. The number of carbonyl (C=O) groups excluding carboxylic acids is 2. The molecule has 0 aromatic heterocycles. The molecule has 8 heteroatoms. The summed E-state index contributed by atoms with van der Waals surface area (Å²) in [4.78, 5) is 32.7. The molecule has 0 fully saturated rings. The topological polar surface area (TPSA) is 86.5 Å². The standard InChI is InChI=1S/C14H13F2NO5/c1-7(14(2,3)4)12(18)22-13(19)8-5-10(16)11(17(20)21)6-9(8)15/h5-6H,1H2,2-4H3. The number of nitro groups is 1.